The maximum atomic E-state index is 13.7. The van der Waals surface area contributed by atoms with Crippen molar-refractivity contribution in [3.63, 3.8) is 0 Å². The van der Waals surface area contributed by atoms with E-state index in [0.29, 0.717) is 17.3 Å². The number of pyridine rings is 1. The van der Waals surface area contributed by atoms with Gasteiger partial charge in [0.15, 0.2) is 0 Å². The van der Waals surface area contributed by atoms with Crippen molar-refractivity contribution < 1.29 is 9.59 Å². The van der Waals surface area contributed by atoms with E-state index in [-0.39, 0.29) is 23.9 Å². The highest BCUT2D eigenvalue weighted by Gasteiger charge is 2.29. The Hall–Kier alpha value is -3.72. The Morgan fingerprint density at radius 1 is 0.933 bits per heavy atom. The number of thiophene rings is 1. The van der Waals surface area contributed by atoms with E-state index in [0.717, 1.165) is 84.6 Å². The summed E-state index contributed by atoms with van der Waals surface area (Å²) in [4.78, 5) is 36.3. The lowest BCUT2D eigenvalue weighted by molar-refractivity contribution is 0.0611. The topological polar surface area (TPSA) is 91.6 Å². The first kappa shape index (κ1) is 31.3. The summed E-state index contributed by atoms with van der Waals surface area (Å²) in [6.45, 7) is 2.45. The van der Waals surface area contributed by atoms with Crippen LogP contribution in [0.3, 0.4) is 0 Å². The number of rotatable bonds is 8. The highest BCUT2D eigenvalue weighted by atomic mass is 35.5. The predicted molar refractivity (Wildman–Crippen MR) is 184 cm³/mol. The number of nitrogens with two attached hydrogens (primary N) is 1. The number of nitrogens with zero attached hydrogens (tertiary/aromatic N) is 3. The van der Waals surface area contributed by atoms with Crippen LogP contribution >= 0.6 is 22.9 Å². The molecule has 3 heterocycles. The number of anilines is 2. The molecule has 7 nitrogen and oxygen atoms in total. The fourth-order valence-electron chi connectivity index (χ4n) is 6.48. The van der Waals surface area contributed by atoms with Crippen molar-refractivity contribution in [2.45, 2.75) is 70.0 Å². The van der Waals surface area contributed by atoms with Crippen LogP contribution in [0.5, 0.6) is 0 Å². The van der Waals surface area contributed by atoms with E-state index in [1.54, 1.807) is 12.1 Å². The van der Waals surface area contributed by atoms with E-state index in [1.807, 2.05) is 22.4 Å². The minimum Gasteiger partial charge on any atom is -0.370 e. The van der Waals surface area contributed by atoms with Crippen LogP contribution in [0.15, 0.2) is 78.3 Å². The average Bonchev–Trinajstić information content (AvgIpc) is 3.47. The molecule has 2 aromatic carbocycles. The van der Waals surface area contributed by atoms with Crippen LogP contribution in [0.2, 0.25) is 5.15 Å². The molecule has 45 heavy (non-hydrogen) atoms. The summed E-state index contributed by atoms with van der Waals surface area (Å²) >= 11 is 7.46. The third-order valence-corrected chi connectivity index (χ3v) is 10.1. The molecule has 234 valence electrons. The quantitative estimate of drug-likeness (QED) is 0.190. The Morgan fingerprint density at radius 2 is 1.71 bits per heavy atom. The molecule has 9 heteroatoms. The van der Waals surface area contributed by atoms with Crippen molar-refractivity contribution in [1.29, 1.82) is 0 Å². The van der Waals surface area contributed by atoms with Gasteiger partial charge in [0.2, 0.25) is 0 Å². The second-order valence-corrected chi connectivity index (χ2v) is 13.5. The molecule has 6 rings (SSSR count). The zero-order valence-electron chi connectivity index (χ0n) is 25.5. The Balaban J connectivity index is 1.29. The molecule has 1 aliphatic carbocycles. The van der Waals surface area contributed by atoms with Crippen molar-refractivity contribution in [1.82, 2.24) is 9.88 Å². The Labute approximate surface area is 274 Å². The molecule has 0 unspecified atom stereocenters. The number of carbonyl (C=O) groups excluding carboxylic acids is 2. The van der Waals surface area contributed by atoms with Gasteiger partial charge in [0, 0.05) is 37.9 Å². The number of hydrogen-bond donors (Lipinski definition) is 2. The fraction of sp³-hybridized carbons (Fsp3) is 0.361. The van der Waals surface area contributed by atoms with Crippen LogP contribution in [-0.2, 0) is 6.54 Å². The molecule has 0 atom stereocenters. The molecule has 2 aromatic heterocycles. The first-order valence-electron chi connectivity index (χ1n) is 16.0. The molecule has 2 aliphatic rings. The van der Waals surface area contributed by atoms with Gasteiger partial charge in [0.05, 0.1) is 21.8 Å². The number of nitrogens with one attached hydrogen (secondary N) is 1. The molecule has 0 bridgehead atoms. The highest BCUT2D eigenvalue weighted by Crippen LogP contribution is 2.34. The van der Waals surface area contributed by atoms with E-state index >= 15 is 0 Å². The first-order valence-corrected chi connectivity index (χ1v) is 17.2. The third kappa shape index (κ3) is 7.75. The molecular formula is C36H40ClN5O2S. The van der Waals surface area contributed by atoms with Crippen molar-refractivity contribution >= 4 is 46.1 Å². The maximum Gasteiger partial charge on any atom is 0.264 e. The first-order chi connectivity index (χ1) is 21.9. The molecule has 1 aliphatic heterocycles. The Morgan fingerprint density at radius 3 is 2.42 bits per heavy atom. The molecular weight excluding hydrogens is 602 g/mol. The van der Waals surface area contributed by atoms with Gasteiger partial charge in [-0.3, -0.25) is 9.59 Å². The van der Waals surface area contributed by atoms with E-state index in [9.17, 15) is 9.59 Å². The van der Waals surface area contributed by atoms with Gasteiger partial charge in [-0.2, -0.15) is 0 Å². The smallest absolute Gasteiger partial charge is 0.264 e. The zero-order chi connectivity index (χ0) is 31.2. The molecule has 4 aromatic rings. The van der Waals surface area contributed by atoms with Crippen LogP contribution in [0.1, 0.15) is 77.0 Å². The fourth-order valence-corrected chi connectivity index (χ4v) is 7.27. The SMILES string of the molecule is NC1CCC(N(Cc2cccc(-c3ccc(N4CCCCCC4)c(NC(=O)c4ccc(Cl)nc4)c3)c2)C(=O)c2cccs2)CC1. The van der Waals surface area contributed by atoms with Crippen LogP contribution in [0.4, 0.5) is 11.4 Å². The number of aromatic nitrogens is 1. The summed E-state index contributed by atoms with van der Waals surface area (Å²) in [5, 5.41) is 5.48. The Kier molecular flexibility index (Phi) is 10.1. The zero-order valence-corrected chi connectivity index (χ0v) is 27.0. The molecule has 0 radical (unpaired) electrons. The number of hydrogen-bond acceptors (Lipinski definition) is 6. The molecule has 1 saturated carbocycles. The van der Waals surface area contributed by atoms with Crippen molar-refractivity contribution in [2.24, 2.45) is 5.73 Å². The van der Waals surface area contributed by atoms with Gasteiger partial charge in [-0.05, 0) is 97.0 Å². The summed E-state index contributed by atoms with van der Waals surface area (Å²) in [7, 11) is 0. The van der Waals surface area contributed by atoms with Crippen molar-refractivity contribution in [3.05, 3.63) is 99.5 Å². The standard InChI is InChI=1S/C36H40ClN5O2S/c37-34-17-11-28(23-39-34)35(43)40-31-22-27(10-16-32(31)41-18-3-1-2-4-19-41)26-8-5-7-25(21-26)24-42(30-14-12-29(38)13-15-30)36(44)33-9-6-20-45-33/h5-11,16-17,20-23,29-30H,1-4,12-15,18-19,24,38H2,(H,40,43). The predicted octanol–water partition coefficient (Wildman–Crippen LogP) is 8.01. The van der Waals surface area contributed by atoms with E-state index in [1.165, 1.54) is 30.4 Å². The van der Waals surface area contributed by atoms with E-state index in [4.69, 9.17) is 17.3 Å². The summed E-state index contributed by atoms with van der Waals surface area (Å²) in [6.07, 6.45) is 9.91. The third-order valence-electron chi connectivity index (χ3n) is 8.97. The van der Waals surface area contributed by atoms with Gasteiger partial charge in [-0.25, -0.2) is 4.98 Å². The number of benzene rings is 2. The molecule has 3 N–H and O–H groups in total. The van der Waals surface area contributed by atoms with Crippen molar-refractivity contribution in [3.8, 4) is 11.1 Å². The lowest BCUT2D eigenvalue weighted by atomic mass is 9.90. The molecule has 2 amide bonds. The summed E-state index contributed by atoms with van der Waals surface area (Å²) in [5.74, 6) is -0.143. The largest absolute Gasteiger partial charge is 0.370 e. The Bertz CT molecular complexity index is 1590. The number of carbonyl (C=O) groups is 2. The van der Waals surface area contributed by atoms with Crippen molar-refractivity contribution in [2.75, 3.05) is 23.3 Å². The minimum absolute atomic E-state index is 0.0827. The minimum atomic E-state index is -0.226. The van der Waals surface area contributed by atoms with Crippen LogP contribution in [0, 0.1) is 0 Å². The molecule has 0 spiro atoms. The summed E-state index contributed by atoms with van der Waals surface area (Å²) in [6, 6.07) is 22.3. The lowest BCUT2D eigenvalue weighted by Gasteiger charge is -2.36. The van der Waals surface area contributed by atoms with Gasteiger partial charge in [0.25, 0.3) is 11.8 Å². The van der Waals surface area contributed by atoms with Gasteiger partial charge >= 0.3 is 0 Å². The maximum absolute atomic E-state index is 13.7. The second kappa shape index (κ2) is 14.6. The van der Waals surface area contributed by atoms with E-state index in [2.05, 4.69) is 57.7 Å². The normalized spacial score (nSPS) is 18.7. The summed E-state index contributed by atoms with van der Waals surface area (Å²) < 4.78 is 0. The summed E-state index contributed by atoms with van der Waals surface area (Å²) in [5.41, 5.74) is 11.6. The van der Waals surface area contributed by atoms with Gasteiger partial charge in [-0.15, -0.1) is 11.3 Å². The van der Waals surface area contributed by atoms with Crippen LogP contribution in [-0.4, -0.2) is 46.9 Å². The molecule has 1 saturated heterocycles. The van der Waals surface area contributed by atoms with E-state index < -0.39 is 0 Å². The second-order valence-electron chi connectivity index (χ2n) is 12.1. The average molecular weight is 642 g/mol. The lowest BCUT2D eigenvalue weighted by Crippen LogP contribution is -2.43. The van der Waals surface area contributed by atoms with Gasteiger partial charge < -0.3 is 20.9 Å². The van der Waals surface area contributed by atoms with Gasteiger partial charge in [0.1, 0.15) is 5.15 Å². The molecule has 2 fully saturated rings. The number of amides is 2. The monoisotopic (exact) mass is 641 g/mol. The number of halogens is 1. The van der Waals surface area contributed by atoms with Crippen LogP contribution < -0.4 is 16.0 Å². The van der Waals surface area contributed by atoms with Crippen LogP contribution in [0.25, 0.3) is 11.1 Å². The highest BCUT2D eigenvalue weighted by molar-refractivity contribution is 7.12. The van der Waals surface area contributed by atoms with Gasteiger partial charge in [-0.1, -0.05) is 54.8 Å².